The van der Waals surface area contributed by atoms with Gasteiger partial charge in [-0.25, -0.2) is 15.0 Å². The summed E-state index contributed by atoms with van der Waals surface area (Å²) < 4.78 is 7.50. The van der Waals surface area contributed by atoms with Gasteiger partial charge in [-0.2, -0.15) is 0 Å². The minimum Gasteiger partial charge on any atom is -0.481 e. The third-order valence-electron chi connectivity index (χ3n) is 6.91. The number of aliphatic carboxylic acids is 1. The number of rotatable bonds is 7. The third-order valence-corrected chi connectivity index (χ3v) is 6.91. The maximum atomic E-state index is 10.7. The van der Waals surface area contributed by atoms with Gasteiger partial charge in [0, 0.05) is 12.5 Å². The molecule has 162 valence electrons. The van der Waals surface area contributed by atoms with Crippen LogP contribution in [0.25, 0.3) is 11.2 Å². The predicted molar refractivity (Wildman–Crippen MR) is 106 cm³/mol. The van der Waals surface area contributed by atoms with Crippen LogP contribution in [0, 0.1) is 11.8 Å². The first-order valence-electron chi connectivity index (χ1n) is 10.7. The number of anilines is 1. The Kier molecular flexibility index (Phi) is 5.08. The molecule has 0 radical (unpaired) electrons. The van der Waals surface area contributed by atoms with Gasteiger partial charge in [-0.05, 0) is 43.9 Å². The standard InChI is InChI=1S/C20H27N5O5/c26-14(27)3-1-2-13-16(28)17(29)20(30-13)25-9-23-15-18(21-8-22-19(15)25)24-12-7-10-4-5-11(12)6-10/h8-13,16-17,20,28-29H,1-7H2,(H,26,27)(H,21,22,24)/t10?,11?,12?,13-,16?,17?,20-/m1/s1. The van der Waals surface area contributed by atoms with E-state index in [1.165, 1.54) is 25.6 Å². The van der Waals surface area contributed by atoms with Gasteiger partial charge in [0.1, 0.15) is 18.5 Å². The van der Waals surface area contributed by atoms with Crippen molar-refractivity contribution in [2.75, 3.05) is 5.32 Å². The van der Waals surface area contributed by atoms with Crippen LogP contribution in [-0.2, 0) is 9.53 Å². The van der Waals surface area contributed by atoms with Crippen molar-refractivity contribution < 1.29 is 24.9 Å². The molecule has 0 spiro atoms. The smallest absolute Gasteiger partial charge is 0.303 e. The number of carboxylic acids is 1. The number of nitrogens with zero attached hydrogens (tertiary/aromatic N) is 4. The first kappa shape index (κ1) is 19.7. The third kappa shape index (κ3) is 3.42. The molecule has 5 unspecified atom stereocenters. The van der Waals surface area contributed by atoms with E-state index in [9.17, 15) is 15.0 Å². The van der Waals surface area contributed by atoms with E-state index < -0.39 is 30.5 Å². The number of aliphatic hydroxyl groups is 2. The van der Waals surface area contributed by atoms with Crippen molar-refractivity contribution in [3.63, 3.8) is 0 Å². The number of imidazole rings is 1. The van der Waals surface area contributed by atoms with E-state index in [2.05, 4.69) is 20.3 Å². The van der Waals surface area contributed by atoms with Gasteiger partial charge in [-0.15, -0.1) is 0 Å². The van der Waals surface area contributed by atoms with Crippen LogP contribution in [0.3, 0.4) is 0 Å². The largest absolute Gasteiger partial charge is 0.481 e. The molecule has 1 aliphatic heterocycles. The molecule has 10 nitrogen and oxygen atoms in total. The number of carboxylic acid groups (broad SMARTS) is 1. The SMILES string of the molecule is O=C(O)CCC[C@H]1O[C@@H](n2cnc3c(NC4CC5CCC4C5)ncnc32)C(O)C1O. The second-order valence-corrected chi connectivity index (χ2v) is 8.80. The van der Waals surface area contributed by atoms with E-state index in [0.717, 1.165) is 12.3 Å². The molecule has 30 heavy (non-hydrogen) atoms. The summed E-state index contributed by atoms with van der Waals surface area (Å²) in [5.41, 5.74) is 1.14. The Balaban J connectivity index is 1.34. The van der Waals surface area contributed by atoms with Crippen LogP contribution in [0.2, 0.25) is 0 Å². The summed E-state index contributed by atoms with van der Waals surface area (Å²) in [6.45, 7) is 0. The second-order valence-electron chi connectivity index (χ2n) is 8.80. The number of fused-ring (bicyclic) bond motifs is 3. The fraction of sp³-hybridized carbons (Fsp3) is 0.700. The summed E-state index contributed by atoms with van der Waals surface area (Å²) in [5.74, 6) is 1.28. The molecule has 3 fully saturated rings. The van der Waals surface area contributed by atoms with Crippen molar-refractivity contribution >= 4 is 23.0 Å². The van der Waals surface area contributed by atoms with Crippen LogP contribution in [0.5, 0.6) is 0 Å². The van der Waals surface area contributed by atoms with Gasteiger partial charge < -0.3 is 25.4 Å². The zero-order valence-corrected chi connectivity index (χ0v) is 16.6. The highest BCUT2D eigenvalue weighted by Crippen LogP contribution is 2.45. The van der Waals surface area contributed by atoms with Gasteiger partial charge in [-0.1, -0.05) is 6.42 Å². The highest BCUT2D eigenvalue weighted by Gasteiger charge is 2.44. The molecule has 7 atom stereocenters. The fourth-order valence-electron chi connectivity index (χ4n) is 5.39. The number of nitrogens with one attached hydrogen (secondary N) is 1. The van der Waals surface area contributed by atoms with E-state index in [-0.39, 0.29) is 6.42 Å². The molecule has 5 rings (SSSR count). The molecule has 3 heterocycles. The lowest BCUT2D eigenvalue weighted by molar-refractivity contribution is -0.137. The minimum absolute atomic E-state index is 0.00732. The number of aliphatic hydroxyl groups excluding tert-OH is 2. The van der Waals surface area contributed by atoms with E-state index in [1.807, 2.05) is 0 Å². The Bertz CT molecular complexity index is 935. The molecule has 2 aromatic rings. The maximum absolute atomic E-state index is 10.7. The summed E-state index contributed by atoms with van der Waals surface area (Å²) >= 11 is 0. The van der Waals surface area contributed by atoms with Crippen LogP contribution in [0.15, 0.2) is 12.7 Å². The average molecular weight is 417 g/mol. The fourth-order valence-corrected chi connectivity index (χ4v) is 5.39. The van der Waals surface area contributed by atoms with E-state index in [1.54, 1.807) is 10.9 Å². The zero-order valence-electron chi connectivity index (χ0n) is 16.6. The second kappa shape index (κ2) is 7.75. The topological polar surface area (TPSA) is 143 Å². The average Bonchev–Trinajstić information content (AvgIpc) is 3.49. The number of aromatic nitrogens is 4. The van der Waals surface area contributed by atoms with Gasteiger partial charge in [0.2, 0.25) is 0 Å². The van der Waals surface area contributed by atoms with Crippen LogP contribution in [0.1, 0.15) is 51.2 Å². The van der Waals surface area contributed by atoms with Gasteiger partial charge >= 0.3 is 5.97 Å². The lowest BCUT2D eigenvalue weighted by Gasteiger charge is -2.23. The molecule has 0 aromatic carbocycles. The Morgan fingerprint density at radius 1 is 1.20 bits per heavy atom. The normalized spacial score (nSPS) is 35.3. The Labute approximate surface area is 173 Å². The zero-order chi connectivity index (χ0) is 20.8. The molecule has 2 bridgehead atoms. The Hall–Kier alpha value is -2.30. The quantitative estimate of drug-likeness (QED) is 0.524. The molecule has 2 aromatic heterocycles. The lowest BCUT2D eigenvalue weighted by Crippen LogP contribution is -2.31. The Morgan fingerprint density at radius 3 is 2.80 bits per heavy atom. The predicted octanol–water partition coefficient (Wildman–Crippen LogP) is 1.30. The van der Waals surface area contributed by atoms with Crippen molar-refractivity contribution in [3.8, 4) is 0 Å². The van der Waals surface area contributed by atoms with Gasteiger partial charge in [0.15, 0.2) is 23.2 Å². The molecule has 4 N–H and O–H groups in total. The molecule has 1 saturated heterocycles. The summed E-state index contributed by atoms with van der Waals surface area (Å²) in [5, 5.41) is 33.3. The number of carbonyl (C=O) groups is 1. The van der Waals surface area contributed by atoms with E-state index in [0.29, 0.717) is 41.8 Å². The number of ether oxygens (including phenoxy) is 1. The molecule has 3 aliphatic rings. The van der Waals surface area contributed by atoms with E-state index >= 15 is 0 Å². The highest BCUT2D eigenvalue weighted by molar-refractivity contribution is 5.82. The summed E-state index contributed by atoms with van der Waals surface area (Å²) in [7, 11) is 0. The molecular weight excluding hydrogens is 390 g/mol. The molecule has 2 aliphatic carbocycles. The van der Waals surface area contributed by atoms with Crippen molar-refractivity contribution in [2.45, 2.75) is 75.5 Å². The van der Waals surface area contributed by atoms with Gasteiger partial charge in [-0.3, -0.25) is 9.36 Å². The van der Waals surface area contributed by atoms with Crippen LogP contribution in [0.4, 0.5) is 5.82 Å². The Morgan fingerprint density at radius 2 is 2.07 bits per heavy atom. The van der Waals surface area contributed by atoms with Crippen LogP contribution in [-0.4, -0.2) is 65.2 Å². The monoisotopic (exact) mass is 417 g/mol. The summed E-state index contributed by atoms with van der Waals surface area (Å²) in [6.07, 6.45) is 4.99. The lowest BCUT2D eigenvalue weighted by atomic mass is 9.95. The summed E-state index contributed by atoms with van der Waals surface area (Å²) in [6, 6.07) is 0.403. The molecule has 0 amide bonds. The van der Waals surface area contributed by atoms with Crippen molar-refractivity contribution in [1.29, 1.82) is 0 Å². The van der Waals surface area contributed by atoms with E-state index in [4.69, 9.17) is 9.84 Å². The first-order valence-corrected chi connectivity index (χ1v) is 10.7. The molecule has 2 saturated carbocycles. The van der Waals surface area contributed by atoms with Crippen LogP contribution < -0.4 is 5.32 Å². The van der Waals surface area contributed by atoms with Crippen molar-refractivity contribution in [1.82, 2.24) is 19.5 Å². The molecule has 10 heteroatoms. The molecular formula is C20H27N5O5. The van der Waals surface area contributed by atoms with Crippen molar-refractivity contribution in [3.05, 3.63) is 12.7 Å². The minimum atomic E-state index is -1.16. The van der Waals surface area contributed by atoms with Crippen LogP contribution >= 0.6 is 0 Å². The van der Waals surface area contributed by atoms with Gasteiger partial charge in [0.25, 0.3) is 0 Å². The number of hydrogen-bond acceptors (Lipinski definition) is 8. The first-order chi connectivity index (χ1) is 14.5. The van der Waals surface area contributed by atoms with Crippen molar-refractivity contribution in [2.24, 2.45) is 11.8 Å². The van der Waals surface area contributed by atoms with Gasteiger partial charge in [0.05, 0.1) is 12.4 Å². The maximum Gasteiger partial charge on any atom is 0.303 e. The number of hydrogen-bond donors (Lipinski definition) is 4. The highest BCUT2D eigenvalue weighted by atomic mass is 16.6. The summed E-state index contributed by atoms with van der Waals surface area (Å²) in [4.78, 5) is 23.9.